The fourth-order valence-corrected chi connectivity index (χ4v) is 5.95. The molecule has 0 radical (unpaired) electrons. The maximum absolute atomic E-state index is 15.6. The molecule has 8 nitrogen and oxygen atoms in total. The van der Waals surface area contributed by atoms with Gasteiger partial charge in [0.1, 0.15) is 17.0 Å². The normalized spacial score (nSPS) is 23.4. The second-order valence-corrected chi connectivity index (χ2v) is 13.0. The molecule has 212 valence electrons. The Morgan fingerprint density at radius 3 is 2.49 bits per heavy atom. The second kappa shape index (κ2) is 12.0. The Kier molecular flexibility index (Phi) is 9.63. The molecule has 1 fully saturated rings. The van der Waals surface area contributed by atoms with Crippen molar-refractivity contribution >= 4 is 39.3 Å². The lowest BCUT2D eigenvalue weighted by molar-refractivity contribution is -0.123. The van der Waals surface area contributed by atoms with Gasteiger partial charge in [-0.25, -0.2) is 18.6 Å². The number of halogens is 4. The number of nitrogens with zero attached hydrogens (tertiary/aromatic N) is 1. The number of hydrogen-bond acceptors (Lipinski definition) is 5. The van der Waals surface area contributed by atoms with Gasteiger partial charge in [0.05, 0.1) is 17.1 Å². The van der Waals surface area contributed by atoms with E-state index >= 15 is 8.78 Å². The molecule has 1 aliphatic rings. The molecule has 5 N–H and O–H groups in total. The third-order valence-corrected chi connectivity index (χ3v) is 7.82. The number of carbonyl (C=O) groups excluding carboxylic acids is 1. The Morgan fingerprint density at radius 1 is 1.21 bits per heavy atom. The SMILES string of the molecule is CC(C)(C)C[C@@H]1N[C@@H](C(=O)NCCCNS(N)(=O)=O)[C@H](c2cccc(Cl)c2F)[C@@]1(C#N)c1ccc(Cl)cc1F. The summed E-state index contributed by atoms with van der Waals surface area (Å²) in [4.78, 5) is 13.6. The van der Waals surface area contributed by atoms with E-state index in [9.17, 15) is 18.5 Å². The van der Waals surface area contributed by atoms with E-state index in [0.717, 1.165) is 6.07 Å². The molecular formula is C26H31Cl2F2N5O3S. The zero-order chi connectivity index (χ0) is 29.2. The first-order valence-electron chi connectivity index (χ1n) is 12.2. The molecular weight excluding hydrogens is 571 g/mol. The van der Waals surface area contributed by atoms with Gasteiger partial charge in [-0.2, -0.15) is 13.7 Å². The minimum absolute atomic E-state index is 0.0154. The molecule has 2 aromatic rings. The summed E-state index contributed by atoms with van der Waals surface area (Å²) in [5.74, 6) is -3.33. The van der Waals surface area contributed by atoms with Crippen molar-refractivity contribution in [2.45, 2.75) is 57.0 Å². The molecule has 0 unspecified atom stereocenters. The van der Waals surface area contributed by atoms with Crippen LogP contribution in [0.3, 0.4) is 0 Å². The summed E-state index contributed by atoms with van der Waals surface area (Å²) in [6.07, 6.45) is 0.551. The molecule has 0 aliphatic carbocycles. The number of nitriles is 1. The van der Waals surface area contributed by atoms with Crippen molar-refractivity contribution in [1.82, 2.24) is 15.4 Å². The van der Waals surface area contributed by atoms with Crippen LogP contribution in [0.25, 0.3) is 0 Å². The molecule has 0 aromatic heterocycles. The lowest BCUT2D eigenvalue weighted by Crippen LogP contribution is -2.46. The van der Waals surface area contributed by atoms with E-state index in [1.807, 2.05) is 20.8 Å². The monoisotopic (exact) mass is 601 g/mol. The van der Waals surface area contributed by atoms with Gasteiger partial charge in [0.15, 0.2) is 0 Å². The van der Waals surface area contributed by atoms with Crippen molar-refractivity contribution in [2.24, 2.45) is 10.6 Å². The molecule has 1 aliphatic heterocycles. The summed E-state index contributed by atoms with van der Waals surface area (Å²) < 4.78 is 55.5. The molecule has 0 saturated carbocycles. The molecule has 1 heterocycles. The molecule has 13 heteroatoms. The van der Waals surface area contributed by atoms with Crippen LogP contribution in [-0.4, -0.2) is 39.5 Å². The minimum atomic E-state index is -3.89. The third kappa shape index (κ3) is 7.06. The number of amides is 1. The second-order valence-electron chi connectivity index (χ2n) is 10.8. The van der Waals surface area contributed by atoms with Crippen molar-refractivity contribution < 1.29 is 22.0 Å². The fraction of sp³-hybridized carbons (Fsp3) is 0.462. The van der Waals surface area contributed by atoms with Crippen LogP contribution in [0.5, 0.6) is 0 Å². The first-order valence-corrected chi connectivity index (χ1v) is 14.5. The summed E-state index contributed by atoms with van der Waals surface area (Å²) in [6.45, 7) is 5.86. The molecule has 0 bridgehead atoms. The predicted octanol–water partition coefficient (Wildman–Crippen LogP) is 3.89. The quantitative estimate of drug-likeness (QED) is 0.323. The Morgan fingerprint density at radius 2 is 1.90 bits per heavy atom. The number of nitrogens with two attached hydrogens (primary N) is 1. The zero-order valence-electron chi connectivity index (χ0n) is 21.7. The van der Waals surface area contributed by atoms with Crippen molar-refractivity contribution in [2.75, 3.05) is 13.1 Å². The summed E-state index contributed by atoms with van der Waals surface area (Å²) in [6, 6.07) is 8.55. The largest absolute Gasteiger partial charge is 0.355 e. The maximum atomic E-state index is 15.6. The van der Waals surface area contributed by atoms with Gasteiger partial charge in [-0.3, -0.25) is 4.79 Å². The average Bonchev–Trinajstić information content (AvgIpc) is 3.12. The average molecular weight is 603 g/mol. The van der Waals surface area contributed by atoms with Gasteiger partial charge < -0.3 is 10.6 Å². The summed E-state index contributed by atoms with van der Waals surface area (Å²) >= 11 is 12.1. The molecule has 2 aromatic carbocycles. The Bertz CT molecular complexity index is 1380. The zero-order valence-corrected chi connectivity index (χ0v) is 24.0. The van der Waals surface area contributed by atoms with Gasteiger partial charge in [-0.1, -0.05) is 62.2 Å². The first kappa shape index (κ1) is 31.2. The van der Waals surface area contributed by atoms with E-state index in [0.29, 0.717) is 6.42 Å². The predicted molar refractivity (Wildman–Crippen MR) is 146 cm³/mol. The van der Waals surface area contributed by atoms with E-state index in [1.54, 1.807) is 0 Å². The Hall–Kier alpha value is -2.33. The van der Waals surface area contributed by atoms with E-state index < -0.39 is 51.2 Å². The van der Waals surface area contributed by atoms with Crippen LogP contribution in [0.2, 0.25) is 10.0 Å². The van der Waals surface area contributed by atoms with Gasteiger partial charge in [0.25, 0.3) is 10.2 Å². The minimum Gasteiger partial charge on any atom is -0.355 e. The molecule has 0 spiro atoms. The van der Waals surface area contributed by atoms with Crippen molar-refractivity contribution in [3.63, 3.8) is 0 Å². The highest BCUT2D eigenvalue weighted by Gasteiger charge is 2.61. The molecule has 3 rings (SSSR count). The highest BCUT2D eigenvalue weighted by molar-refractivity contribution is 7.87. The first-order chi connectivity index (χ1) is 18.1. The summed E-state index contributed by atoms with van der Waals surface area (Å²) in [7, 11) is -3.89. The van der Waals surface area contributed by atoms with Gasteiger partial charge in [0, 0.05) is 35.6 Å². The van der Waals surface area contributed by atoms with Crippen LogP contribution in [0.4, 0.5) is 8.78 Å². The summed E-state index contributed by atoms with van der Waals surface area (Å²) in [5.41, 5.74) is -2.14. The Balaban J connectivity index is 2.14. The maximum Gasteiger partial charge on any atom is 0.274 e. The Labute approximate surface area is 237 Å². The van der Waals surface area contributed by atoms with Crippen LogP contribution in [-0.2, 0) is 20.4 Å². The number of rotatable bonds is 9. The molecule has 1 saturated heterocycles. The number of hydrogen-bond donors (Lipinski definition) is 4. The fourth-order valence-electron chi connectivity index (χ4n) is 5.18. The number of benzene rings is 2. The van der Waals surface area contributed by atoms with Crippen LogP contribution in [0, 0.1) is 28.4 Å². The van der Waals surface area contributed by atoms with Crippen LogP contribution < -0.4 is 20.5 Å². The van der Waals surface area contributed by atoms with Crippen molar-refractivity contribution in [1.29, 1.82) is 5.26 Å². The van der Waals surface area contributed by atoms with Crippen molar-refractivity contribution in [3.05, 3.63) is 69.2 Å². The van der Waals surface area contributed by atoms with Crippen LogP contribution >= 0.6 is 23.2 Å². The highest BCUT2D eigenvalue weighted by Crippen LogP contribution is 2.52. The van der Waals surface area contributed by atoms with Gasteiger partial charge >= 0.3 is 0 Å². The topological polar surface area (TPSA) is 137 Å². The van der Waals surface area contributed by atoms with Gasteiger partial charge in [0.2, 0.25) is 5.91 Å². The van der Waals surface area contributed by atoms with E-state index in [-0.39, 0.29) is 46.1 Å². The van der Waals surface area contributed by atoms with Crippen LogP contribution in [0.15, 0.2) is 36.4 Å². The molecule has 4 atom stereocenters. The lowest BCUT2D eigenvalue weighted by atomic mass is 9.62. The van der Waals surface area contributed by atoms with Crippen molar-refractivity contribution in [3.8, 4) is 6.07 Å². The standard InChI is InChI=1S/C26H31Cl2F2N5O3S/c1-25(2,3)13-20-26(14-31,17-9-8-15(27)12-19(17)29)21(16-6-4-7-18(28)22(16)30)23(35-20)24(36)33-10-5-11-34-39(32,37)38/h4,6-9,12,20-21,23,34-35H,5,10-11,13H2,1-3H3,(H,33,36)(H2,32,37,38)/t20-,21-,23+,26-/m0/s1. The number of carbonyl (C=O) groups is 1. The van der Waals surface area contributed by atoms with E-state index in [1.165, 1.54) is 30.3 Å². The highest BCUT2D eigenvalue weighted by atomic mass is 35.5. The number of nitrogens with one attached hydrogen (secondary N) is 3. The third-order valence-electron chi connectivity index (χ3n) is 6.69. The van der Waals surface area contributed by atoms with Crippen LogP contribution in [0.1, 0.15) is 50.7 Å². The molecule has 39 heavy (non-hydrogen) atoms. The van der Waals surface area contributed by atoms with E-state index in [2.05, 4.69) is 21.4 Å². The smallest absolute Gasteiger partial charge is 0.274 e. The lowest BCUT2D eigenvalue weighted by Gasteiger charge is -2.37. The summed E-state index contributed by atoms with van der Waals surface area (Å²) in [5, 5.41) is 21.6. The van der Waals surface area contributed by atoms with Gasteiger partial charge in [-0.05, 0) is 42.0 Å². The van der Waals surface area contributed by atoms with E-state index in [4.69, 9.17) is 28.3 Å². The molecule has 1 amide bonds. The van der Waals surface area contributed by atoms with Gasteiger partial charge in [-0.15, -0.1) is 0 Å².